The van der Waals surface area contributed by atoms with Gasteiger partial charge >= 0.3 is 0 Å². The number of morpholine rings is 1. The highest BCUT2D eigenvalue weighted by Crippen LogP contribution is 2.43. The van der Waals surface area contributed by atoms with Gasteiger partial charge in [-0.1, -0.05) is 30.3 Å². The highest BCUT2D eigenvalue weighted by Gasteiger charge is 2.34. The van der Waals surface area contributed by atoms with Gasteiger partial charge in [-0.15, -0.1) is 11.3 Å². The maximum atomic E-state index is 13.0. The van der Waals surface area contributed by atoms with Gasteiger partial charge < -0.3 is 9.64 Å². The first kappa shape index (κ1) is 18.5. The van der Waals surface area contributed by atoms with E-state index in [1.165, 1.54) is 10.4 Å². The molecule has 6 nitrogen and oxygen atoms in total. The van der Waals surface area contributed by atoms with Crippen molar-refractivity contribution in [2.45, 2.75) is 19.3 Å². The molecule has 3 aliphatic rings. The number of benzene rings is 1. The van der Waals surface area contributed by atoms with Crippen molar-refractivity contribution < 1.29 is 14.3 Å². The third kappa shape index (κ3) is 3.38. The number of carbonyl (C=O) groups excluding carboxylic acids is 2. The van der Waals surface area contributed by atoms with Crippen LogP contribution in [0.3, 0.4) is 0 Å². The van der Waals surface area contributed by atoms with Gasteiger partial charge in [0, 0.05) is 29.1 Å². The van der Waals surface area contributed by atoms with Gasteiger partial charge in [0.1, 0.15) is 18.1 Å². The average Bonchev–Trinajstić information content (AvgIpc) is 3.32. The van der Waals surface area contributed by atoms with Crippen molar-refractivity contribution in [3.05, 3.63) is 51.9 Å². The minimum atomic E-state index is -0.112. The molecule has 29 heavy (non-hydrogen) atoms. The molecule has 2 aliphatic heterocycles. The van der Waals surface area contributed by atoms with Gasteiger partial charge in [0.15, 0.2) is 0 Å². The van der Waals surface area contributed by atoms with E-state index in [0.29, 0.717) is 26.3 Å². The Balaban J connectivity index is 1.54. The van der Waals surface area contributed by atoms with Crippen LogP contribution in [0.4, 0.5) is 5.00 Å². The second-order valence-corrected chi connectivity index (χ2v) is 8.63. The summed E-state index contributed by atoms with van der Waals surface area (Å²) < 4.78 is 5.35. The zero-order valence-corrected chi connectivity index (χ0v) is 17.0. The highest BCUT2D eigenvalue weighted by molar-refractivity contribution is 7.17. The highest BCUT2D eigenvalue weighted by atomic mass is 32.1. The number of fused-ring (bicyclic) bond motifs is 3. The van der Waals surface area contributed by atoms with Gasteiger partial charge in [0.2, 0.25) is 11.8 Å². The Labute approximate surface area is 173 Å². The number of hydrogen-bond acceptors (Lipinski definition) is 5. The fraction of sp³-hybridized carbons (Fsp3) is 0.409. The van der Waals surface area contributed by atoms with E-state index in [1.54, 1.807) is 21.1 Å². The number of amides is 2. The zero-order valence-electron chi connectivity index (χ0n) is 16.2. The Morgan fingerprint density at radius 3 is 2.72 bits per heavy atom. The molecule has 0 unspecified atom stereocenters. The van der Waals surface area contributed by atoms with Crippen LogP contribution in [-0.2, 0) is 27.2 Å². The molecule has 1 saturated heterocycles. The average molecular weight is 410 g/mol. The van der Waals surface area contributed by atoms with E-state index < -0.39 is 0 Å². The number of anilines is 1. The number of hydrogen-bond donors (Lipinski definition) is 0. The topological polar surface area (TPSA) is 62.2 Å². The summed E-state index contributed by atoms with van der Waals surface area (Å²) in [5.74, 6) is -0.136. The number of thiophene rings is 1. The fourth-order valence-corrected chi connectivity index (χ4v) is 5.69. The van der Waals surface area contributed by atoms with Crippen molar-refractivity contribution in [1.29, 1.82) is 0 Å². The van der Waals surface area contributed by atoms with Gasteiger partial charge in [-0.2, -0.15) is 0 Å². The second-order valence-electron chi connectivity index (χ2n) is 7.54. The van der Waals surface area contributed by atoms with Crippen molar-refractivity contribution in [1.82, 2.24) is 4.90 Å². The van der Waals surface area contributed by atoms with E-state index in [4.69, 9.17) is 9.73 Å². The van der Waals surface area contributed by atoms with Crippen molar-refractivity contribution in [2.24, 2.45) is 4.99 Å². The second kappa shape index (κ2) is 7.72. The lowest BCUT2D eigenvalue weighted by Gasteiger charge is -2.29. The maximum absolute atomic E-state index is 13.0. The quantitative estimate of drug-likeness (QED) is 0.781. The number of nitrogens with zero attached hydrogens (tertiary/aromatic N) is 3. The van der Waals surface area contributed by atoms with Crippen LogP contribution in [0.25, 0.3) is 0 Å². The van der Waals surface area contributed by atoms with Gasteiger partial charge in [-0.05, 0) is 24.8 Å². The molecule has 0 N–H and O–H groups in total. The normalized spacial score (nSPS) is 18.9. The van der Waals surface area contributed by atoms with Gasteiger partial charge in [0.05, 0.1) is 18.9 Å². The summed E-state index contributed by atoms with van der Waals surface area (Å²) in [5.41, 5.74) is 4.28. The molecule has 0 radical (unpaired) electrons. The summed E-state index contributed by atoms with van der Waals surface area (Å²) in [5, 5.41) is 0.890. The number of carbonyl (C=O) groups is 2. The van der Waals surface area contributed by atoms with Crippen molar-refractivity contribution >= 4 is 33.9 Å². The first-order valence-electron chi connectivity index (χ1n) is 10.1. The predicted octanol–water partition coefficient (Wildman–Crippen LogP) is 2.28. The van der Waals surface area contributed by atoms with Crippen molar-refractivity contribution in [3.8, 4) is 0 Å². The Kier molecular flexibility index (Phi) is 4.93. The molecule has 0 bridgehead atoms. The van der Waals surface area contributed by atoms with E-state index in [1.807, 2.05) is 30.3 Å². The molecule has 0 spiro atoms. The fourth-order valence-electron chi connectivity index (χ4n) is 4.29. The molecule has 1 fully saturated rings. The Hall–Kier alpha value is -2.51. The Morgan fingerprint density at radius 1 is 1.14 bits per heavy atom. The van der Waals surface area contributed by atoms with Crippen LogP contribution in [0.5, 0.6) is 0 Å². The van der Waals surface area contributed by atoms with Crippen LogP contribution in [0.15, 0.2) is 35.3 Å². The summed E-state index contributed by atoms with van der Waals surface area (Å²) >= 11 is 1.67. The van der Waals surface area contributed by atoms with Crippen LogP contribution in [0.1, 0.15) is 28.0 Å². The van der Waals surface area contributed by atoms with Crippen LogP contribution in [0.2, 0.25) is 0 Å². The first-order chi connectivity index (χ1) is 14.2. The molecular weight excluding hydrogens is 386 g/mol. The van der Waals surface area contributed by atoms with E-state index in [0.717, 1.165) is 41.1 Å². The number of rotatable bonds is 3. The molecule has 5 rings (SSSR count). The van der Waals surface area contributed by atoms with Crippen molar-refractivity contribution in [3.63, 3.8) is 0 Å². The zero-order chi connectivity index (χ0) is 19.8. The molecule has 1 aromatic carbocycles. The molecule has 0 saturated carbocycles. The number of ether oxygens (including phenoxy) is 1. The third-order valence-corrected chi connectivity index (χ3v) is 7.08. The largest absolute Gasteiger partial charge is 0.378 e. The smallest absolute Gasteiger partial charge is 0.249 e. The summed E-state index contributed by atoms with van der Waals surface area (Å²) in [7, 11) is 0. The minimum Gasteiger partial charge on any atom is -0.378 e. The molecule has 0 atom stereocenters. The third-order valence-electron chi connectivity index (χ3n) is 5.76. The maximum Gasteiger partial charge on any atom is 0.249 e. The van der Waals surface area contributed by atoms with Crippen LogP contribution in [-0.4, -0.2) is 61.8 Å². The SMILES string of the molecule is O=C(CN1C(=O)CN=C(c2ccccc2)c2c1sc1c2CCC1)N1CCOCC1. The molecule has 7 heteroatoms. The lowest BCUT2D eigenvalue weighted by molar-refractivity contribution is -0.134. The first-order valence-corrected chi connectivity index (χ1v) is 10.9. The lowest BCUT2D eigenvalue weighted by Crippen LogP contribution is -2.47. The monoisotopic (exact) mass is 409 g/mol. The van der Waals surface area contributed by atoms with E-state index in [9.17, 15) is 9.59 Å². The lowest BCUT2D eigenvalue weighted by atomic mass is 9.99. The van der Waals surface area contributed by atoms with E-state index in [2.05, 4.69) is 0 Å². The Bertz CT molecular complexity index is 977. The minimum absolute atomic E-state index is 0.0238. The molecule has 1 aromatic heterocycles. The summed E-state index contributed by atoms with van der Waals surface area (Å²) in [6.07, 6.45) is 3.18. The van der Waals surface area contributed by atoms with Crippen molar-refractivity contribution in [2.75, 3.05) is 44.3 Å². The molecule has 2 amide bonds. The van der Waals surface area contributed by atoms with Crippen LogP contribution in [0, 0.1) is 0 Å². The standard InChI is InChI=1S/C22H23N3O3S/c26-18-13-23-21(15-5-2-1-3-6-15)20-16-7-4-8-17(16)29-22(20)25(18)14-19(27)24-9-11-28-12-10-24/h1-3,5-6H,4,7-14H2. The van der Waals surface area contributed by atoms with Gasteiger partial charge in [-0.3, -0.25) is 19.5 Å². The summed E-state index contributed by atoms with van der Waals surface area (Å²) in [6, 6.07) is 10.1. The van der Waals surface area contributed by atoms with E-state index in [-0.39, 0.29) is 24.9 Å². The van der Waals surface area contributed by atoms with Gasteiger partial charge in [0.25, 0.3) is 0 Å². The molecule has 150 valence electrons. The van der Waals surface area contributed by atoms with E-state index >= 15 is 0 Å². The van der Waals surface area contributed by atoms with Crippen LogP contribution < -0.4 is 4.90 Å². The summed E-state index contributed by atoms with van der Waals surface area (Å²) in [4.78, 5) is 35.5. The molecule has 3 heterocycles. The van der Waals surface area contributed by atoms with Crippen LogP contribution >= 0.6 is 11.3 Å². The number of aliphatic imine (C=N–C) groups is 1. The Morgan fingerprint density at radius 2 is 1.93 bits per heavy atom. The molecule has 2 aromatic rings. The number of aryl methyl sites for hydroxylation is 1. The molecule has 1 aliphatic carbocycles. The summed E-state index contributed by atoms with van der Waals surface area (Å²) in [6.45, 7) is 2.42. The van der Waals surface area contributed by atoms with Gasteiger partial charge in [-0.25, -0.2) is 0 Å². The predicted molar refractivity (Wildman–Crippen MR) is 113 cm³/mol. The molecular formula is C22H23N3O3S.